The molecular formula is C18H17Cl2NO4. The SMILES string of the molecule is COc1ccccc1CN(C)C(=O)COC(=O)c1ccc(Cl)c(Cl)c1. The number of amides is 1. The second kappa shape index (κ2) is 8.74. The number of ether oxygens (including phenoxy) is 2. The van der Waals surface area contributed by atoms with Crippen molar-refractivity contribution in [3.63, 3.8) is 0 Å². The maximum atomic E-state index is 12.2. The van der Waals surface area contributed by atoms with Crippen LogP contribution in [0.1, 0.15) is 15.9 Å². The number of rotatable bonds is 6. The monoisotopic (exact) mass is 381 g/mol. The van der Waals surface area contributed by atoms with E-state index >= 15 is 0 Å². The van der Waals surface area contributed by atoms with Gasteiger partial charge in [0.25, 0.3) is 5.91 Å². The maximum Gasteiger partial charge on any atom is 0.338 e. The summed E-state index contributed by atoms with van der Waals surface area (Å²) in [5.41, 5.74) is 1.09. The molecule has 0 aliphatic carbocycles. The van der Waals surface area contributed by atoms with Crippen molar-refractivity contribution in [2.24, 2.45) is 0 Å². The summed E-state index contributed by atoms with van der Waals surface area (Å²) in [4.78, 5) is 25.6. The molecule has 0 bridgehead atoms. The van der Waals surface area contributed by atoms with Crippen molar-refractivity contribution in [1.82, 2.24) is 4.90 Å². The molecule has 0 fully saturated rings. The molecule has 132 valence electrons. The third-order valence-corrected chi connectivity index (χ3v) is 4.25. The van der Waals surface area contributed by atoms with Crippen LogP contribution < -0.4 is 4.74 Å². The van der Waals surface area contributed by atoms with E-state index in [2.05, 4.69) is 0 Å². The minimum Gasteiger partial charge on any atom is -0.496 e. The highest BCUT2D eigenvalue weighted by Crippen LogP contribution is 2.23. The van der Waals surface area contributed by atoms with Gasteiger partial charge >= 0.3 is 5.97 Å². The summed E-state index contributed by atoms with van der Waals surface area (Å²) in [7, 11) is 3.20. The first-order valence-corrected chi connectivity index (χ1v) is 8.16. The molecule has 2 aromatic carbocycles. The van der Waals surface area contributed by atoms with Crippen molar-refractivity contribution in [3.8, 4) is 5.75 Å². The fourth-order valence-electron chi connectivity index (χ4n) is 2.12. The first kappa shape index (κ1) is 19.1. The van der Waals surface area contributed by atoms with Gasteiger partial charge in [0.15, 0.2) is 6.61 Å². The largest absolute Gasteiger partial charge is 0.496 e. The zero-order valence-corrected chi connectivity index (χ0v) is 15.3. The van der Waals surface area contributed by atoms with Crippen molar-refractivity contribution >= 4 is 35.1 Å². The highest BCUT2D eigenvalue weighted by molar-refractivity contribution is 6.42. The number of halogens is 2. The summed E-state index contributed by atoms with van der Waals surface area (Å²) in [6.45, 7) is -0.0299. The van der Waals surface area contributed by atoms with E-state index in [0.717, 1.165) is 5.56 Å². The number of carbonyl (C=O) groups is 2. The Morgan fingerprint density at radius 1 is 1.08 bits per heavy atom. The van der Waals surface area contributed by atoms with Gasteiger partial charge in [-0.15, -0.1) is 0 Å². The summed E-state index contributed by atoms with van der Waals surface area (Å²) in [5, 5.41) is 0.585. The van der Waals surface area contributed by atoms with E-state index < -0.39 is 5.97 Å². The molecule has 25 heavy (non-hydrogen) atoms. The van der Waals surface area contributed by atoms with E-state index in [1.807, 2.05) is 24.3 Å². The molecule has 0 aromatic heterocycles. The average molecular weight is 382 g/mol. The van der Waals surface area contributed by atoms with Gasteiger partial charge in [0.1, 0.15) is 5.75 Å². The number of carbonyl (C=O) groups excluding carboxylic acids is 2. The second-order valence-corrected chi connectivity index (χ2v) is 6.08. The molecular weight excluding hydrogens is 365 g/mol. The normalized spacial score (nSPS) is 10.2. The predicted molar refractivity (Wildman–Crippen MR) is 96.2 cm³/mol. The molecule has 0 atom stereocenters. The standard InChI is InChI=1S/C18H17Cl2NO4/c1-21(10-13-5-3-4-6-16(13)24-2)17(22)11-25-18(23)12-7-8-14(19)15(20)9-12/h3-9H,10-11H2,1-2H3. The summed E-state index contributed by atoms with van der Waals surface area (Å²) < 4.78 is 10.3. The highest BCUT2D eigenvalue weighted by Gasteiger charge is 2.16. The molecule has 7 heteroatoms. The fraction of sp³-hybridized carbons (Fsp3) is 0.222. The minimum absolute atomic E-state index is 0.231. The fourth-order valence-corrected chi connectivity index (χ4v) is 2.42. The van der Waals surface area contributed by atoms with Gasteiger partial charge in [0.05, 0.1) is 22.7 Å². The van der Waals surface area contributed by atoms with Crippen molar-refractivity contribution < 1.29 is 19.1 Å². The zero-order valence-electron chi connectivity index (χ0n) is 13.8. The first-order valence-electron chi connectivity index (χ1n) is 7.40. The number of nitrogens with zero attached hydrogens (tertiary/aromatic N) is 1. The van der Waals surface area contributed by atoms with Gasteiger partial charge in [-0.1, -0.05) is 41.4 Å². The van der Waals surface area contributed by atoms with Gasteiger partial charge in [-0.2, -0.15) is 0 Å². The van der Waals surface area contributed by atoms with Crippen LogP contribution in [-0.4, -0.2) is 37.5 Å². The third kappa shape index (κ3) is 5.11. The Kier molecular flexibility index (Phi) is 6.67. The number of hydrogen-bond donors (Lipinski definition) is 0. The van der Waals surface area contributed by atoms with Crippen LogP contribution in [0.25, 0.3) is 0 Å². The van der Waals surface area contributed by atoms with Gasteiger partial charge in [0.2, 0.25) is 0 Å². The van der Waals surface area contributed by atoms with Crippen molar-refractivity contribution in [3.05, 3.63) is 63.6 Å². The summed E-state index contributed by atoms with van der Waals surface area (Å²) in [6, 6.07) is 11.8. The summed E-state index contributed by atoms with van der Waals surface area (Å²) in [5.74, 6) is -0.285. The first-order chi connectivity index (χ1) is 11.9. The maximum absolute atomic E-state index is 12.2. The van der Waals surface area contributed by atoms with Crippen LogP contribution in [0.3, 0.4) is 0 Å². The van der Waals surface area contributed by atoms with Gasteiger partial charge < -0.3 is 14.4 Å². The molecule has 0 aliphatic heterocycles. The van der Waals surface area contributed by atoms with Crippen molar-refractivity contribution in [2.45, 2.75) is 6.54 Å². The van der Waals surface area contributed by atoms with Gasteiger partial charge in [-0.05, 0) is 24.3 Å². The van der Waals surface area contributed by atoms with Crippen LogP contribution in [-0.2, 0) is 16.1 Å². The van der Waals surface area contributed by atoms with Crippen LogP contribution in [0.5, 0.6) is 5.75 Å². The molecule has 1 amide bonds. The summed E-state index contributed by atoms with van der Waals surface area (Å²) in [6.07, 6.45) is 0. The number of likely N-dealkylation sites (N-methyl/N-ethyl adjacent to an activating group) is 1. The van der Waals surface area contributed by atoms with Gasteiger partial charge in [-0.3, -0.25) is 4.79 Å². The predicted octanol–water partition coefficient (Wildman–Crippen LogP) is 3.82. The van der Waals surface area contributed by atoms with E-state index in [1.54, 1.807) is 14.2 Å². The van der Waals surface area contributed by atoms with Gasteiger partial charge in [0, 0.05) is 19.2 Å². The van der Waals surface area contributed by atoms with Crippen LogP contribution >= 0.6 is 23.2 Å². The quantitative estimate of drug-likeness (QED) is 0.713. The number of esters is 1. The molecule has 0 spiro atoms. The van der Waals surface area contributed by atoms with Crippen LogP contribution in [0.4, 0.5) is 0 Å². The Morgan fingerprint density at radius 3 is 2.48 bits per heavy atom. The average Bonchev–Trinajstić information content (AvgIpc) is 2.62. The Labute approximate surface area is 156 Å². The van der Waals surface area contributed by atoms with Crippen LogP contribution in [0.2, 0.25) is 10.0 Å². The van der Waals surface area contributed by atoms with E-state index in [0.29, 0.717) is 17.3 Å². The Balaban J connectivity index is 1.92. The highest BCUT2D eigenvalue weighted by atomic mass is 35.5. The molecule has 0 radical (unpaired) electrons. The molecule has 0 unspecified atom stereocenters. The summed E-state index contributed by atoms with van der Waals surface area (Å²) >= 11 is 11.7. The third-order valence-electron chi connectivity index (χ3n) is 3.51. The van der Waals surface area contributed by atoms with Crippen molar-refractivity contribution in [1.29, 1.82) is 0 Å². The zero-order chi connectivity index (χ0) is 18.4. The number of benzene rings is 2. The Bertz CT molecular complexity index is 779. The molecule has 0 N–H and O–H groups in total. The van der Waals surface area contributed by atoms with E-state index in [9.17, 15) is 9.59 Å². The molecule has 0 saturated heterocycles. The molecule has 0 saturated carbocycles. The molecule has 0 heterocycles. The number of para-hydroxylation sites is 1. The lowest BCUT2D eigenvalue weighted by molar-refractivity contribution is -0.133. The lowest BCUT2D eigenvalue weighted by Gasteiger charge is -2.18. The van der Waals surface area contributed by atoms with E-state index in [4.69, 9.17) is 32.7 Å². The second-order valence-electron chi connectivity index (χ2n) is 5.27. The molecule has 2 rings (SSSR count). The number of methoxy groups -OCH3 is 1. The Hall–Kier alpha value is -2.24. The van der Waals surface area contributed by atoms with Crippen LogP contribution in [0, 0.1) is 0 Å². The number of hydrogen-bond acceptors (Lipinski definition) is 4. The Morgan fingerprint density at radius 2 is 1.80 bits per heavy atom. The lowest BCUT2D eigenvalue weighted by atomic mass is 10.2. The minimum atomic E-state index is -0.641. The van der Waals surface area contributed by atoms with E-state index in [-0.39, 0.29) is 23.1 Å². The van der Waals surface area contributed by atoms with Crippen LogP contribution in [0.15, 0.2) is 42.5 Å². The van der Waals surface area contributed by atoms with Crippen molar-refractivity contribution in [2.75, 3.05) is 20.8 Å². The lowest BCUT2D eigenvalue weighted by Crippen LogP contribution is -2.31. The molecule has 5 nitrogen and oxygen atoms in total. The smallest absolute Gasteiger partial charge is 0.338 e. The topological polar surface area (TPSA) is 55.8 Å². The molecule has 2 aromatic rings. The van der Waals surface area contributed by atoms with E-state index in [1.165, 1.54) is 23.1 Å². The van der Waals surface area contributed by atoms with Gasteiger partial charge in [-0.25, -0.2) is 4.79 Å². The molecule has 0 aliphatic rings.